The third kappa shape index (κ3) is 6.71. The van der Waals surface area contributed by atoms with Gasteiger partial charge in [0, 0.05) is 19.0 Å². The summed E-state index contributed by atoms with van der Waals surface area (Å²) in [4.78, 5) is 2.41. The maximum absolute atomic E-state index is 4.62. The topological polar surface area (TPSA) is 59.7 Å². The molecular formula is C30H44N6. The highest BCUT2D eigenvalue weighted by Gasteiger charge is 2.21. The Hall–Kier alpha value is -2.76. The Balaban J connectivity index is 1.26. The quantitative estimate of drug-likeness (QED) is 0.304. The number of hydrogen-bond acceptors (Lipinski definition) is 5. The second kappa shape index (κ2) is 12.0. The molecule has 1 aliphatic heterocycles. The Morgan fingerprint density at radius 1 is 0.778 bits per heavy atom. The summed E-state index contributed by atoms with van der Waals surface area (Å²) in [5.41, 5.74) is 4.53. The van der Waals surface area contributed by atoms with Crippen LogP contribution in [0.15, 0.2) is 42.6 Å². The largest absolute Gasteiger partial charge is 0.355 e. The van der Waals surface area contributed by atoms with Gasteiger partial charge in [-0.25, -0.2) is 4.68 Å². The van der Waals surface area contributed by atoms with E-state index in [0.29, 0.717) is 17.8 Å². The first-order valence-electron chi connectivity index (χ1n) is 13.9. The fourth-order valence-electron chi connectivity index (χ4n) is 5.27. The highest BCUT2D eigenvalue weighted by atomic mass is 15.4. The number of hydrogen-bond donors (Lipinski definition) is 0. The maximum Gasteiger partial charge on any atom is 0.151 e. The van der Waals surface area contributed by atoms with Crippen LogP contribution in [-0.4, -0.2) is 38.3 Å². The zero-order valence-corrected chi connectivity index (χ0v) is 23.1. The van der Waals surface area contributed by atoms with Crippen molar-refractivity contribution in [3.8, 4) is 5.69 Å². The maximum atomic E-state index is 4.62. The molecule has 6 heteroatoms. The third-order valence-corrected chi connectivity index (χ3v) is 7.78. The molecule has 1 fully saturated rings. The Kier molecular flexibility index (Phi) is 8.76. The number of aromatic nitrogens is 5. The molecule has 0 bridgehead atoms. The van der Waals surface area contributed by atoms with E-state index >= 15 is 0 Å². The number of benzene rings is 1. The van der Waals surface area contributed by atoms with Crippen LogP contribution in [0.5, 0.6) is 0 Å². The molecule has 0 amide bonds. The average molecular weight is 489 g/mol. The van der Waals surface area contributed by atoms with E-state index in [-0.39, 0.29) is 0 Å². The van der Waals surface area contributed by atoms with E-state index in [9.17, 15) is 0 Å². The van der Waals surface area contributed by atoms with Crippen molar-refractivity contribution < 1.29 is 0 Å². The Labute approximate surface area is 217 Å². The number of rotatable bonds is 10. The van der Waals surface area contributed by atoms with Gasteiger partial charge in [-0.05, 0) is 85.6 Å². The summed E-state index contributed by atoms with van der Waals surface area (Å²) in [7, 11) is 0. The van der Waals surface area contributed by atoms with Crippen LogP contribution in [0.3, 0.4) is 0 Å². The molecule has 0 N–H and O–H groups in total. The van der Waals surface area contributed by atoms with Gasteiger partial charge in [-0.3, -0.25) is 0 Å². The Morgan fingerprint density at radius 2 is 1.47 bits per heavy atom. The first-order valence-corrected chi connectivity index (χ1v) is 13.9. The van der Waals surface area contributed by atoms with Gasteiger partial charge in [0.2, 0.25) is 0 Å². The molecule has 2 unspecified atom stereocenters. The molecular weight excluding hydrogens is 444 g/mol. The van der Waals surface area contributed by atoms with Crippen LogP contribution in [0.25, 0.3) is 5.69 Å². The van der Waals surface area contributed by atoms with Crippen molar-refractivity contribution in [1.82, 2.24) is 25.2 Å². The first kappa shape index (κ1) is 26.3. The van der Waals surface area contributed by atoms with Gasteiger partial charge in [-0.1, -0.05) is 58.9 Å². The fraction of sp³-hybridized carbons (Fsp3) is 0.600. The van der Waals surface area contributed by atoms with Gasteiger partial charge in [-0.2, -0.15) is 5.10 Å². The molecule has 0 spiro atoms. The van der Waals surface area contributed by atoms with Crippen molar-refractivity contribution in [1.29, 1.82) is 0 Å². The van der Waals surface area contributed by atoms with E-state index < -0.39 is 0 Å². The zero-order chi connectivity index (χ0) is 25.7. The molecule has 4 rings (SSSR count). The van der Waals surface area contributed by atoms with E-state index in [1.165, 1.54) is 24.8 Å². The van der Waals surface area contributed by atoms with Crippen LogP contribution in [0.4, 0.5) is 5.82 Å². The van der Waals surface area contributed by atoms with Gasteiger partial charge in [-0.15, -0.1) is 10.2 Å². The van der Waals surface area contributed by atoms with Gasteiger partial charge < -0.3 is 4.90 Å². The molecule has 36 heavy (non-hydrogen) atoms. The lowest BCUT2D eigenvalue weighted by Crippen LogP contribution is -2.34. The first-order chi connectivity index (χ1) is 17.3. The summed E-state index contributed by atoms with van der Waals surface area (Å²) >= 11 is 0. The molecule has 3 aromatic rings. The summed E-state index contributed by atoms with van der Waals surface area (Å²) in [6.45, 7) is 15.7. The molecule has 1 aromatic carbocycles. The predicted molar refractivity (Wildman–Crippen MR) is 148 cm³/mol. The normalized spacial score (nSPS) is 16.6. The van der Waals surface area contributed by atoms with Crippen LogP contribution in [-0.2, 0) is 0 Å². The van der Waals surface area contributed by atoms with Crippen molar-refractivity contribution in [2.75, 3.05) is 18.0 Å². The fourth-order valence-corrected chi connectivity index (χ4v) is 5.27. The lowest BCUT2D eigenvalue weighted by atomic mass is 9.88. The molecule has 3 heterocycles. The van der Waals surface area contributed by atoms with Crippen LogP contribution in [0.1, 0.15) is 108 Å². The van der Waals surface area contributed by atoms with Crippen molar-refractivity contribution in [2.24, 2.45) is 11.8 Å². The van der Waals surface area contributed by atoms with E-state index in [1.54, 1.807) is 0 Å². The van der Waals surface area contributed by atoms with E-state index in [4.69, 9.17) is 0 Å². The smallest absolute Gasteiger partial charge is 0.151 e. The van der Waals surface area contributed by atoms with E-state index in [0.717, 1.165) is 60.7 Å². The van der Waals surface area contributed by atoms with Gasteiger partial charge in [0.25, 0.3) is 0 Å². The predicted octanol–water partition coefficient (Wildman–Crippen LogP) is 7.13. The Bertz CT molecular complexity index is 1060. The lowest BCUT2D eigenvalue weighted by Gasteiger charge is -2.33. The van der Waals surface area contributed by atoms with Crippen LogP contribution >= 0.6 is 0 Å². The minimum absolute atomic E-state index is 0.382. The second-order valence-electron chi connectivity index (χ2n) is 11.6. The zero-order valence-electron chi connectivity index (χ0n) is 23.1. The van der Waals surface area contributed by atoms with E-state index in [1.807, 2.05) is 10.9 Å². The summed E-state index contributed by atoms with van der Waals surface area (Å²) < 4.78 is 1.86. The van der Waals surface area contributed by atoms with Crippen LogP contribution in [0, 0.1) is 11.8 Å². The van der Waals surface area contributed by atoms with E-state index in [2.05, 4.69) is 103 Å². The van der Waals surface area contributed by atoms with Gasteiger partial charge in [0.05, 0.1) is 23.3 Å². The third-order valence-electron chi connectivity index (χ3n) is 7.78. The average Bonchev–Trinajstić information content (AvgIpc) is 3.38. The van der Waals surface area contributed by atoms with Crippen molar-refractivity contribution in [3.05, 3.63) is 59.5 Å². The van der Waals surface area contributed by atoms with Gasteiger partial charge in [0.1, 0.15) is 0 Å². The molecule has 2 atom stereocenters. The highest BCUT2D eigenvalue weighted by Crippen LogP contribution is 2.29. The SMILES string of the molecule is CC(C)CC1CCN(c2ccc(C(C)CCC(C)c3ccc(-n4cc(C(C)C)nn4)cc3)nn2)CC1. The lowest BCUT2D eigenvalue weighted by molar-refractivity contribution is 0.337. The monoisotopic (exact) mass is 488 g/mol. The standard InChI is InChI=1S/C30H44N6/c1-21(2)19-25-15-17-35(18-16-25)30-14-13-28(31-33-30)24(6)8-7-23(5)26-9-11-27(12-10-26)36-20-29(22(3)4)32-34-36/h9-14,20-25H,7-8,15-19H2,1-6H3. The highest BCUT2D eigenvalue weighted by molar-refractivity contribution is 5.38. The van der Waals surface area contributed by atoms with Crippen molar-refractivity contribution in [2.45, 2.75) is 91.4 Å². The summed E-state index contributed by atoms with van der Waals surface area (Å²) in [5.74, 6) is 3.97. The van der Waals surface area contributed by atoms with Crippen LogP contribution in [0.2, 0.25) is 0 Å². The van der Waals surface area contributed by atoms with Crippen molar-refractivity contribution >= 4 is 5.82 Å². The van der Waals surface area contributed by atoms with Gasteiger partial charge >= 0.3 is 0 Å². The molecule has 1 aliphatic rings. The molecule has 0 radical (unpaired) electrons. The van der Waals surface area contributed by atoms with Crippen LogP contribution < -0.4 is 4.90 Å². The molecule has 0 aliphatic carbocycles. The minimum atomic E-state index is 0.382. The summed E-state index contributed by atoms with van der Waals surface area (Å²) in [6.07, 6.45) is 8.13. The number of nitrogens with zero attached hydrogens (tertiary/aromatic N) is 6. The summed E-state index contributed by atoms with van der Waals surface area (Å²) in [5, 5.41) is 17.8. The molecule has 194 valence electrons. The second-order valence-corrected chi connectivity index (χ2v) is 11.6. The number of anilines is 1. The molecule has 2 aromatic heterocycles. The minimum Gasteiger partial charge on any atom is -0.355 e. The molecule has 1 saturated heterocycles. The molecule has 6 nitrogen and oxygen atoms in total. The Morgan fingerprint density at radius 3 is 2.06 bits per heavy atom. The number of piperidine rings is 1. The molecule has 0 saturated carbocycles. The van der Waals surface area contributed by atoms with Gasteiger partial charge in [0.15, 0.2) is 5.82 Å². The summed E-state index contributed by atoms with van der Waals surface area (Å²) in [6, 6.07) is 13.1. The van der Waals surface area contributed by atoms with Crippen molar-refractivity contribution in [3.63, 3.8) is 0 Å².